The van der Waals surface area contributed by atoms with Crippen molar-refractivity contribution < 1.29 is 14.9 Å². The summed E-state index contributed by atoms with van der Waals surface area (Å²) in [7, 11) is 0. The number of nitrogens with zero attached hydrogens (tertiary/aromatic N) is 4. The smallest absolute Gasteiger partial charge is 0.168 e. The van der Waals surface area contributed by atoms with E-state index >= 15 is 0 Å². The standard InChI is InChI=1S/C17H25N5O3/c1-2-3-4-5-6-7-13-21-15-16(18)19-10-20-17(15)22(13)14-8-11(24)12(9-23)25-14/h6-7,10-12,14,23-24H,2-5,8-9H2,1H3,(H2,18,19,20)/b7-6+/t11-,12+,14+/m0/s1. The van der Waals surface area contributed by atoms with Gasteiger partial charge in [-0.1, -0.05) is 25.8 Å². The quantitative estimate of drug-likeness (QED) is 0.651. The monoisotopic (exact) mass is 347 g/mol. The average Bonchev–Trinajstić information content (AvgIpc) is 3.15. The van der Waals surface area contributed by atoms with Crippen LogP contribution in [0.3, 0.4) is 0 Å². The Morgan fingerprint density at radius 3 is 2.96 bits per heavy atom. The number of nitrogen functional groups attached to an aromatic ring is 1. The largest absolute Gasteiger partial charge is 0.394 e. The number of aliphatic hydroxyl groups excluding tert-OH is 2. The lowest BCUT2D eigenvalue weighted by Crippen LogP contribution is -2.24. The molecule has 3 heterocycles. The fourth-order valence-electron chi connectivity index (χ4n) is 3.08. The normalized spacial score (nSPS) is 23.9. The fraction of sp³-hybridized carbons (Fsp3) is 0.588. The first kappa shape index (κ1) is 17.8. The summed E-state index contributed by atoms with van der Waals surface area (Å²) in [5, 5.41) is 19.4. The van der Waals surface area contributed by atoms with Gasteiger partial charge in [-0.25, -0.2) is 15.0 Å². The number of imidazole rings is 1. The van der Waals surface area contributed by atoms with Gasteiger partial charge in [-0.05, 0) is 18.9 Å². The molecule has 2 aromatic heterocycles. The minimum absolute atomic E-state index is 0.233. The minimum atomic E-state index is -0.729. The molecule has 25 heavy (non-hydrogen) atoms. The summed E-state index contributed by atoms with van der Waals surface area (Å²) >= 11 is 0. The third-order valence-electron chi connectivity index (χ3n) is 4.45. The van der Waals surface area contributed by atoms with Crippen molar-refractivity contribution in [2.75, 3.05) is 12.3 Å². The Hall–Kier alpha value is -2.03. The SMILES string of the molecule is CCCCC/C=C/c1nc2c(N)ncnc2n1[C@H]1C[C@H](O)[C@@H](CO)O1. The molecule has 1 aliphatic heterocycles. The highest BCUT2D eigenvalue weighted by Gasteiger charge is 2.36. The van der Waals surface area contributed by atoms with Gasteiger partial charge in [0.2, 0.25) is 0 Å². The van der Waals surface area contributed by atoms with E-state index in [1.807, 2.05) is 10.6 Å². The highest BCUT2D eigenvalue weighted by Crippen LogP contribution is 2.33. The van der Waals surface area contributed by atoms with E-state index in [1.54, 1.807) is 0 Å². The van der Waals surface area contributed by atoms with E-state index in [-0.39, 0.29) is 6.61 Å². The van der Waals surface area contributed by atoms with Gasteiger partial charge in [-0.2, -0.15) is 0 Å². The van der Waals surface area contributed by atoms with Crippen molar-refractivity contribution in [3.63, 3.8) is 0 Å². The number of allylic oxidation sites excluding steroid dienone is 1. The van der Waals surface area contributed by atoms with Crippen molar-refractivity contribution in [2.24, 2.45) is 0 Å². The first-order valence-corrected chi connectivity index (χ1v) is 8.75. The second kappa shape index (κ2) is 7.90. The summed E-state index contributed by atoms with van der Waals surface area (Å²) < 4.78 is 7.61. The third kappa shape index (κ3) is 3.65. The van der Waals surface area contributed by atoms with E-state index in [1.165, 1.54) is 19.2 Å². The molecule has 2 aromatic rings. The Kier molecular flexibility index (Phi) is 5.62. The van der Waals surface area contributed by atoms with E-state index in [0.29, 0.717) is 29.2 Å². The zero-order valence-corrected chi connectivity index (χ0v) is 14.4. The van der Waals surface area contributed by atoms with Crippen molar-refractivity contribution >= 4 is 23.1 Å². The molecule has 1 fully saturated rings. The number of rotatable bonds is 7. The van der Waals surface area contributed by atoms with Gasteiger partial charge >= 0.3 is 0 Å². The predicted molar refractivity (Wildman–Crippen MR) is 94.5 cm³/mol. The van der Waals surface area contributed by atoms with Crippen molar-refractivity contribution in [3.8, 4) is 0 Å². The van der Waals surface area contributed by atoms with Crippen molar-refractivity contribution in [3.05, 3.63) is 18.2 Å². The van der Waals surface area contributed by atoms with Crippen LogP contribution in [0, 0.1) is 0 Å². The Morgan fingerprint density at radius 2 is 2.24 bits per heavy atom. The van der Waals surface area contributed by atoms with Gasteiger partial charge in [0.15, 0.2) is 17.0 Å². The zero-order chi connectivity index (χ0) is 17.8. The summed E-state index contributed by atoms with van der Waals surface area (Å²) in [6, 6.07) is 0. The Morgan fingerprint density at radius 1 is 1.40 bits per heavy atom. The maximum absolute atomic E-state index is 10.1. The van der Waals surface area contributed by atoms with Crippen LogP contribution in [0.2, 0.25) is 0 Å². The van der Waals surface area contributed by atoms with Crippen LogP contribution in [0.4, 0.5) is 5.82 Å². The minimum Gasteiger partial charge on any atom is -0.394 e. The van der Waals surface area contributed by atoms with E-state index in [0.717, 1.165) is 12.8 Å². The molecule has 8 heteroatoms. The van der Waals surface area contributed by atoms with Crippen molar-refractivity contribution in [1.82, 2.24) is 19.5 Å². The van der Waals surface area contributed by atoms with Gasteiger partial charge < -0.3 is 20.7 Å². The molecule has 0 bridgehead atoms. The molecule has 136 valence electrons. The topological polar surface area (TPSA) is 119 Å². The van der Waals surface area contributed by atoms with Gasteiger partial charge in [0.25, 0.3) is 0 Å². The number of hydrogen-bond acceptors (Lipinski definition) is 7. The Labute approximate surface area is 146 Å². The molecule has 0 aliphatic carbocycles. The lowest BCUT2D eigenvalue weighted by molar-refractivity contribution is -0.0434. The molecule has 0 unspecified atom stereocenters. The number of nitrogens with two attached hydrogens (primary N) is 1. The predicted octanol–water partition coefficient (Wildman–Crippen LogP) is 1.64. The number of hydrogen-bond donors (Lipinski definition) is 3. The van der Waals surface area contributed by atoms with Crippen molar-refractivity contribution in [2.45, 2.75) is 57.5 Å². The van der Waals surface area contributed by atoms with Gasteiger partial charge in [0.05, 0.1) is 12.7 Å². The number of aliphatic hydroxyl groups is 2. The second-order valence-corrected chi connectivity index (χ2v) is 6.28. The molecular weight excluding hydrogens is 322 g/mol. The van der Waals surface area contributed by atoms with Crippen LogP contribution in [-0.4, -0.2) is 48.5 Å². The van der Waals surface area contributed by atoms with Crippen LogP contribution in [-0.2, 0) is 4.74 Å². The lowest BCUT2D eigenvalue weighted by Gasteiger charge is -2.15. The number of anilines is 1. The summed E-state index contributed by atoms with van der Waals surface area (Å²) in [5.74, 6) is 0.969. The van der Waals surface area contributed by atoms with Crippen LogP contribution in [0.25, 0.3) is 17.2 Å². The number of aromatic nitrogens is 4. The molecule has 8 nitrogen and oxygen atoms in total. The Bertz CT molecular complexity index is 745. The maximum atomic E-state index is 10.1. The number of unbranched alkanes of at least 4 members (excludes halogenated alkanes) is 3. The molecule has 3 atom stereocenters. The molecule has 0 saturated carbocycles. The molecule has 1 aliphatic rings. The average molecular weight is 347 g/mol. The van der Waals surface area contributed by atoms with E-state index in [9.17, 15) is 10.2 Å². The number of ether oxygens (including phenoxy) is 1. The lowest BCUT2D eigenvalue weighted by atomic mass is 10.2. The fourth-order valence-corrected chi connectivity index (χ4v) is 3.08. The van der Waals surface area contributed by atoms with Crippen LogP contribution in [0.15, 0.2) is 12.4 Å². The van der Waals surface area contributed by atoms with E-state index in [4.69, 9.17) is 10.5 Å². The molecule has 0 radical (unpaired) electrons. The third-order valence-corrected chi connectivity index (χ3v) is 4.45. The van der Waals surface area contributed by atoms with Crippen LogP contribution in [0.1, 0.15) is 51.1 Å². The van der Waals surface area contributed by atoms with Gasteiger partial charge in [0, 0.05) is 6.42 Å². The molecule has 3 rings (SSSR count). The molecule has 0 aromatic carbocycles. The summed E-state index contributed by atoms with van der Waals surface area (Å²) in [5.41, 5.74) is 7.01. The highest BCUT2D eigenvalue weighted by atomic mass is 16.5. The van der Waals surface area contributed by atoms with Crippen LogP contribution >= 0.6 is 0 Å². The first-order valence-electron chi connectivity index (χ1n) is 8.75. The van der Waals surface area contributed by atoms with Crippen molar-refractivity contribution in [1.29, 1.82) is 0 Å². The molecule has 1 saturated heterocycles. The van der Waals surface area contributed by atoms with Crippen LogP contribution in [0.5, 0.6) is 0 Å². The molecule has 0 spiro atoms. The maximum Gasteiger partial charge on any atom is 0.168 e. The van der Waals surface area contributed by atoms with Gasteiger partial charge in [0.1, 0.15) is 24.5 Å². The Balaban J connectivity index is 1.94. The summed E-state index contributed by atoms with van der Waals surface area (Å²) in [6.45, 7) is 1.94. The second-order valence-electron chi connectivity index (χ2n) is 6.28. The van der Waals surface area contributed by atoms with E-state index < -0.39 is 18.4 Å². The summed E-state index contributed by atoms with van der Waals surface area (Å²) in [6.07, 6.45) is 8.41. The molecule has 4 N–H and O–H groups in total. The summed E-state index contributed by atoms with van der Waals surface area (Å²) in [4.78, 5) is 12.8. The highest BCUT2D eigenvalue weighted by molar-refractivity contribution is 5.83. The number of fused-ring (bicyclic) bond motifs is 1. The molecule has 0 amide bonds. The zero-order valence-electron chi connectivity index (χ0n) is 14.4. The first-order chi connectivity index (χ1) is 12.2. The van der Waals surface area contributed by atoms with Gasteiger partial charge in [-0.3, -0.25) is 4.57 Å². The molecular formula is C17H25N5O3. The van der Waals surface area contributed by atoms with Gasteiger partial charge in [-0.15, -0.1) is 0 Å². The van der Waals surface area contributed by atoms with E-state index in [2.05, 4.69) is 28.0 Å². The van der Waals surface area contributed by atoms with Crippen LogP contribution < -0.4 is 5.73 Å².